The molecule has 0 radical (unpaired) electrons. The van der Waals surface area contributed by atoms with E-state index in [4.69, 9.17) is 5.73 Å². The van der Waals surface area contributed by atoms with Gasteiger partial charge in [-0.25, -0.2) is 9.67 Å². The van der Waals surface area contributed by atoms with Gasteiger partial charge in [0.2, 0.25) is 5.95 Å². The van der Waals surface area contributed by atoms with E-state index in [1.807, 2.05) is 11.6 Å². The quantitative estimate of drug-likeness (QED) is 0.922. The summed E-state index contributed by atoms with van der Waals surface area (Å²) in [5, 5.41) is 4.54. The van der Waals surface area contributed by atoms with Gasteiger partial charge in [-0.3, -0.25) is 4.57 Å². The van der Waals surface area contributed by atoms with Crippen LogP contribution in [-0.4, -0.2) is 44.4 Å². The van der Waals surface area contributed by atoms with E-state index in [1.165, 1.54) is 25.9 Å². The highest BCUT2D eigenvalue weighted by molar-refractivity contribution is 5.77. The number of nitrogens with zero attached hydrogens (tertiary/aromatic N) is 5. The van der Waals surface area contributed by atoms with Gasteiger partial charge in [0, 0.05) is 13.1 Å². The standard InChI is InChI=1S/C14H24N6/c1-4-20-13-12(10(2)17-20)16-14(15)19(13)9-11-5-7-18(3)8-6-11/h11H,4-9H2,1-3H3,(H2,15,16). The van der Waals surface area contributed by atoms with Gasteiger partial charge in [0.15, 0.2) is 5.65 Å². The summed E-state index contributed by atoms with van der Waals surface area (Å²) in [6.07, 6.45) is 2.46. The molecule has 2 N–H and O–H groups in total. The first-order valence-electron chi connectivity index (χ1n) is 7.47. The molecule has 6 nitrogen and oxygen atoms in total. The van der Waals surface area contributed by atoms with Crippen LogP contribution in [0.3, 0.4) is 0 Å². The SMILES string of the molecule is CCn1nc(C)c2nc(N)n(CC3CCN(C)CC3)c21. The van der Waals surface area contributed by atoms with E-state index in [9.17, 15) is 0 Å². The molecule has 0 saturated carbocycles. The molecule has 3 heterocycles. The Labute approximate surface area is 119 Å². The summed E-state index contributed by atoms with van der Waals surface area (Å²) in [4.78, 5) is 6.90. The van der Waals surface area contributed by atoms with Crippen LogP contribution in [0.5, 0.6) is 0 Å². The van der Waals surface area contributed by atoms with Crippen molar-refractivity contribution in [3.05, 3.63) is 5.69 Å². The number of fused-ring (bicyclic) bond motifs is 1. The molecule has 0 aromatic carbocycles. The van der Waals surface area contributed by atoms with Gasteiger partial charge in [-0.15, -0.1) is 0 Å². The predicted octanol–water partition coefficient (Wildman–Crippen LogP) is 1.49. The van der Waals surface area contributed by atoms with E-state index in [2.05, 4.69) is 33.5 Å². The maximum Gasteiger partial charge on any atom is 0.202 e. The molecule has 20 heavy (non-hydrogen) atoms. The van der Waals surface area contributed by atoms with Crippen LogP contribution < -0.4 is 5.73 Å². The van der Waals surface area contributed by atoms with Crippen molar-refractivity contribution in [2.24, 2.45) is 5.92 Å². The van der Waals surface area contributed by atoms with E-state index >= 15 is 0 Å². The van der Waals surface area contributed by atoms with Crippen LogP contribution in [0.1, 0.15) is 25.5 Å². The molecule has 0 aliphatic carbocycles. The monoisotopic (exact) mass is 276 g/mol. The molecular weight excluding hydrogens is 252 g/mol. The van der Waals surface area contributed by atoms with Crippen molar-refractivity contribution in [1.82, 2.24) is 24.2 Å². The van der Waals surface area contributed by atoms with Crippen molar-refractivity contribution in [3.8, 4) is 0 Å². The molecule has 2 aromatic heterocycles. The lowest BCUT2D eigenvalue weighted by molar-refractivity contribution is 0.206. The first-order chi connectivity index (χ1) is 9.60. The molecule has 0 atom stereocenters. The molecule has 3 rings (SSSR count). The molecule has 2 aromatic rings. The third kappa shape index (κ3) is 2.18. The van der Waals surface area contributed by atoms with E-state index in [0.717, 1.165) is 29.9 Å². The number of hydrogen-bond donors (Lipinski definition) is 1. The van der Waals surface area contributed by atoms with E-state index in [-0.39, 0.29) is 0 Å². The first kappa shape index (κ1) is 13.4. The number of aromatic nitrogens is 4. The average molecular weight is 276 g/mol. The molecule has 0 unspecified atom stereocenters. The van der Waals surface area contributed by atoms with Gasteiger partial charge in [0.1, 0.15) is 5.52 Å². The van der Waals surface area contributed by atoms with Crippen LogP contribution in [0.25, 0.3) is 11.2 Å². The Balaban J connectivity index is 1.92. The van der Waals surface area contributed by atoms with Gasteiger partial charge >= 0.3 is 0 Å². The highest BCUT2D eigenvalue weighted by atomic mass is 15.4. The summed E-state index contributed by atoms with van der Waals surface area (Å²) in [6, 6.07) is 0. The lowest BCUT2D eigenvalue weighted by Gasteiger charge is -2.29. The van der Waals surface area contributed by atoms with E-state index < -0.39 is 0 Å². The van der Waals surface area contributed by atoms with Crippen molar-refractivity contribution in [2.45, 2.75) is 39.8 Å². The minimum absolute atomic E-state index is 0.627. The van der Waals surface area contributed by atoms with Gasteiger partial charge < -0.3 is 10.6 Å². The zero-order chi connectivity index (χ0) is 14.3. The van der Waals surface area contributed by atoms with Gasteiger partial charge in [-0.05, 0) is 52.7 Å². The average Bonchev–Trinajstić information content (AvgIpc) is 2.91. The smallest absolute Gasteiger partial charge is 0.202 e. The lowest BCUT2D eigenvalue weighted by Crippen LogP contribution is -2.32. The van der Waals surface area contributed by atoms with E-state index in [1.54, 1.807) is 0 Å². The van der Waals surface area contributed by atoms with Crippen LogP contribution in [-0.2, 0) is 13.1 Å². The number of nitrogen functional groups attached to an aromatic ring is 1. The van der Waals surface area contributed by atoms with Gasteiger partial charge in [-0.1, -0.05) is 0 Å². The summed E-state index contributed by atoms with van der Waals surface area (Å²) < 4.78 is 4.18. The van der Waals surface area contributed by atoms with Crippen molar-refractivity contribution in [1.29, 1.82) is 0 Å². The Morgan fingerprint density at radius 3 is 2.65 bits per heavy atom. The van der Waals surface area contributed by atoms with Crippen LogP contribution in [0, 0.1) is 12.8 Å². The Morgan fingerprint density at radius 1 is 1.30 bits per heavy atom. The number of aryl methyl sites for hydroxylation is 2. The Morgan fingerprint density at radius 2 is 2.00 bits per heavy atom. The van der Waals surface area contributed by atoms with Crippen molar-refractivity contribution >= 4 is 17.1 Å². The summed E-state index contributed by atoms with van der Waals surface area (Å²) in [5.41, 5.74) is 9.14. The zero-order valence-corrected chi connectivity index (χ0v) is 12.6. The molecule has 0 bridgehead atoms. The number of likely N-dealkylation sites (tertiary alicyclic amines) is 1. The van der Waals surface area contributed by atoms with Crippen molar-refractivity contribution in [2.75, 3.05) is 25.9 Å². The van der Waals surface area contributed by atoms with Crippen LogP contribution in [0.2, 0.25) is 0 Å². The van der Waals surface area contributed by atoms with Gasteiger partial charge in [-0.2, -0.15) is 5.10 Å². The highest BCUT2D eigenvalue weighted by Crippen LogP contribution is 2.25. The molecule has 1 aliphatic rings. The second-order valence-corrected chi connectivity index (χ2v) is 5.90. The fourth-order valence-electron chi connectivity index (χ4n) is 3.14. The Kier molecular flexibility index (Phi) is 3.41. The molecule has 1 aliphatic heterocycles. The normalized spacial score (nSPS) is 18.1. The molecular formula is C14H24N6. The van der Waals surface area contributed by atoms with Crippen LogP contribution in [0.15, 0.2) is 0 Å². The Bertz CT molecular complexity index is 603. The second-order valence-electron chi connectivity index (χ2n) is 5.90. The molecule has 1 saturated heterocycles. The van der Waals surface area contributed by atoms with Crippen LogP contribution in [0.4, 0.5) is 5.95 Å². The topological polar surface area (TPSA) is 64.9 Å². The third-order valence-corrected chi connectivity index (χ3v) is 4.41. The largest absolute Gasteiger partial charge is 0.369 e. The number of piperidine rings is 1. The Hall–Kier alpha value is -1.56. The van der Waals surface area contributed by atoms with Crippen molar-refractivity contribution in [3.63, 3.8) is 0 Å². The third-order valence-electron chi connectivity index (χ3n) is 4.41. The number of rotatable bonds is 3. The highest BCUT2D eigenvalue weighted by Gasteiger charge is 2.22. The first-order valence-corrected chi connectivity index (χ1v) is 7.47. The van der Waals surface area contributed by atoms with Crippen LogP contribution >= 0.6 is 0 Å². The molecule has 0 amide bonds. The van der Waals surface area contributed by atoms with Gasteiger partial charge in [0.25, 0.3) is 0 Å². The molecule has 6 heteroatoms. The maximum absolute atomic E-state index is 6.14. The predicted molar refractivity (Wildman–Crippen MR) is 80.6 cm³/mol. The van der Waals surface area contributed by atoms with E-state index in [0.29, 0.717) is 11.9 Å². The number of nitrogens with two attached hydrogens (primary N) is 1. The molecule has 110 valence electrons. The molecule has 0 spiro atoms. The summed E-state index contributed by atoms with van der Waals surface area (Å²) >= 11 is 0. The minimum Gasteiger partial charge on any atom is -0.369 e. The minimum atomic E-state index is 0.627. The van der Waals surface area contributed by atoms with Gasteiger partial charge in [0.05, 0.1) is 5.69 Å². The lowest BCUT2D eigenvalue weighted by atomic mass is 9.97. The second kappa shape index (κ2) is 5.09. The number of hydrogen-bond acceptors (Lipinski definition) is 4. The zero-order valence-electron chi connectivity index (χ0n) is 12.6. The summed E-state index contributed by atoms with van der Waals surface area (Å²) in [5.74, 6) is 1.31. The maximum atomic E-state index is 6.14. The summed E-state index contributed by atoms with van der Waals surface area (Å²) in [7, 11) is 2.19. The number of imidazole rings is 1. The fraction of sp³-hybridized carbons (Fsp3) is 0.714. The fourth-order valence-corrected chi connectivity index (χ4v) is 3.14. The number of anilines is 1. The summed E-state index contributed by atoms with van der Waals surface area (Å²) in [6.45, 7) is 8.27. The van der Waals surface area contributed by atoms with Crippen molar-refractivity contribution < 1.29 is 0 Å². The molecule has 1 fully saturated rings.